The molecule has 0 unspecified atom stereocenters. The van der Waals surface area contributed by atoms with Gasteiger partial charge < -0.3 is 10.6 Å². The van der Waals surface area contributed by atoms with Crippen molar-refractivity contribution in [3.8, 4) is 0 Å². The summed E-state index contributed by atoms with van der Waals surface area (Å²) in [4.78, 5) is 24.8. The minimum Gasteiger partial charge on any atom is -0.350 e. The summed E-state index contributed by atoms with van der Waals surface area (Å²) < 4.78 is 27.3. The van der Waals surface area contributed by atoms with E-state index in [9.17, 15) is 18.0 Å². The van der Waals surface area contributed by atoms with Crippen molar-refractivity contribution in [2.45, 2.75) is 30.5 Å². The Kier molecular flexibility index (Phi) is 7.09. The van der Waals surface area contributed by atoms with Gasteiger partial charge in [-0.05, 0) is 55.1 Å². The van der Waals surface area contributed by atoms with Gasteiger partial charge in [-0.25, -0.2) is 8.42 Å². The Labute approximate surface area is 185 Å². The smallest absolute Gasteiger partial charge is 0.271 e. The summed E-state index contributed by atoms with van der Waals surface area (Å²) in [5, 5.41) is 7.28. The molecule has 1 aromatic heterocycles. The number of anilines is 2. The molecule has 0 aliphatic heterocycles. The number of amides is 2. The van der Waals surface area contributed by atoms with Crippen LogP contribution >= 0.6 is 11.3 Å². The molecule has 3 N–H and O–H groups in total. The van der Waals surface area contributed by atoms with Crippen LogP contribution in [0.25, 0.3) is 0 Å². The third-order valence-corrected chi connectivity index (χ3v) is 6.98. The van der Waals surface area contributed by atoms with Crippen LogP contribution in [0.15, 0.2) is 70.3 Å². The standard InChI is InChI=1S/C22H23N3O4S2/c1-15(2)23-22(27)18-6-3-4-7-19(18)24-20(26)14-16-9-11-17(12-10-16)25-31(28,29)21-8-5-13-30-21/h3-13,15,25H,14H2,1-2H3,(H,23,27)(H,24,26). The Morgan fingerprint density at radius 1 is 0.968 bits per heavy atom. The number of sulfonamides is 1. The Hall–Kier alpha value is -3.17. The zero-order chi connectivity index (χ0) is 22.4. The quantitative estimate of drug-likeness (QED) is 0.478. The predicted octanol–water partition coefficient (Wildman–Crippen LogP) is 3.87. The summed E-state index contributed by atoms with van der Waals surface area (Å²) in [6.45, 7) is 3.73. The van der Waals surface area contributed by atoms with Gasteiger partial charge in [0.25, 0.3) is 15.9 Å². The van der Waals surface area contributed by atoms with Gasteiger partial charge in [-0.2, -0.15) is 0 Å². The van der Waals surface area contributed by atoms with E-state index in [1.54, 1.807) is 60.0 Å². The molecule has 0 aliphatic carbocycles. The number of hydrogen-bond donors (Lipinski definition) is 3. The number of benzene rings is 2. The van der Waals surface area contributed by atoms with E-state index in [-0.39, 0.29) is 28.5 Å². The summed E-state index contributed by atoms with van der Waals surface area (Å²) in [5.41, 5.74) is 1.95. The number of carbonyl (C=O) groups excluding carboxylic acids is 2. The molecule has 31 heavy (non-hydrogen) atoms. The van der Waals surface area contributed by atoms with Crippen LogP contribution in [0.4, 0.5) is 11.4 Å². The topological polar surface area (TPSA) is 104 Å². The average molecular weight is 458 g/mol. The summed E-state index contributed by atoms with van der Waals surface area (Å²) in [6.07, 6.45) is 0.0814. The molecule has 0 saturated carbocycles. The van der Waals surface area contributed by atoms with Gasteiger partial charge >= 0.3 is 0 Å². The maximum atomic E-state index is 12.5. The molecule has 2 aromatic carbocycles. The van der Waals surface area contributed by atoms with E-state index in [1.807, 2.05) is 13.8 Å². The highest BCUT2D eigenvalue weighted by Crippen LogP contribution is 2.21. The molecule has 0 spiro atoms. The normalized spacial score (nSPS) is 11.2. The Bertz CT molecular complexity index is 1160. The van der Waals surface area contributed by atoms with Crippen molar-refractivity contribution in [3.05, 3.63) is 77.2 Å². The van der Waals surface area contributed by atoms with Gasteiger partial charge in [0.05, 0.1) is 17.7 Å². The van der Waals surface area contributed by atoms with Crippen LogP contribution in [-0.4, -0.2) is 26.3 Å². The highest BCUT2D eigenvalue weighted by atomic mass is 32.2. The third-order valence-electron chi connectivity index (χ3n) is 4.20. The van der Waals surface area contributed by atoms with Crippen molar-refractivity contribution in [2.75, 3.05) is 10.0 Å². The minimum absolute atomic E-state index is 0.0213. The number of carbonyl (C=O) groups is 2. The Balaban J connectivity index is 1.64. The van der Waals surface area contributed by atoms with Gasteiger partial charge in [0.2, 0.25) is 5.91 Å². The second kappa shape index (κ2) is 9.76. The maximum absolute atomic E-state index is 12.5. The molecular formula is C22H23N3O4S2. The van der Waals surface area contributed by atoms with Crippen molar-refractivity contribution in [3.63, 3.8) is 0 Å². The van der Waals surface area contributed by atoms with Crippen molar-refractivity contribution in [2.24, 2.45) is 0 Å². The molecule has 3 aromatic rings. The zero-order valence-electron chi connectivity index (χ0n) is 17.1. The van der Waals surface area contributed by atoms with E-state index >= 15 is 0 Å². The number of rotatable bonds is 8. The highest BCUT2D eigenvalue weighted by molar-refractivity contribution is 7.94. The first-order valence-electron chi connectivity index (χ1n) is 9.59. The van der Waals surface area contributed by atoms with E-state index in [0.717, 1.165) is 11.3 Å². The van der Waals surface area contributed by atoms with Gasteiger partial charge in [0.1, 0.15) is 4.21 Å². The number of thiophene rings is 1. The van der Waals surface area contributed by atoms with Gasteiger partial charge in [-0.15, -0.1) is 11.3 Å². The fraction of sp³-hybridized carbons (Fsp3) is 0.182. The van der Waals surface area contributed by atoms with Crippen molar-refractivity contribution >= 4 is 44.5 Å². The van der Waals surface area contributed by atoms with Crippen LogP contribution < -0.4 is 15.4 Å². The lowest BCUT2D eigenvalue weighted by atomic mass is 10.1. The highest BCUT2D eigenvalue weighted by Gasteiger charge is 2.16. The predicted molar refractivity (Wildman–Crippen MR) is 123 cm³/mol. The molecular weight excluding hydrogens is 434 g/mol. The zero-order valence-corrected chi connectivity index (χ0v) is 18.7. The van der Waals surface area contributed by atoms with Crippen LogP contribution in [0, 0.1) is 0 Å². The van der Waals surface area contributed by atoms with Gasteiger partial charge in [-0.3, -0.25) is 14.3 Å². The SMILES string of the molecule is CC(C)NC(=O)c1ccccc1NC(=O)Cc1ccc(NS(=O)(=O)c2cccs2)cc1. The molecule has 0 aliphatic rings. The first kappa shape index (κ1) is 22.5. The van der Waals surface area contributed by atoms with E-state index in [2.05, 4.69) is 15.4 Å². The van der Waals surface area contributed by atoms with Crippen LogP contribution in [0.5, 0.6) is 0 Å². The van der Waals surface area contributed by atoms with Crippen molar-refractivity contribution in [1.82, 2.24) is 5.32 Å². The lowest BCUT2D eigenvalue weighted by Gasteiger charge is -2.13. The van der Waals surface area contributed by atoms with Gasteiger partial charge in [-0.1, -0.05) is 30.3 Å². The van der Waals surface area contributed by atoms with Crippen LogP contribution in [-0.2, 0) is 21.2 Å². The summed E-state index contributed by atoms with van der Waals surface area (Å²) in [6, 6.07) is 16.6. The molecule has 3 rings (SSSR count). The lowest BCUT2D eigenvalue weighted by molar-refractivity contribution is -0.115. The average Bonchev–Trinajstić information content (AvgIpc) is 3.25. The first-order valence-corrected chi connectivity index (χ1v) is 12.0. The molecule has 7 nitrogen and oxygen atoms in total. The second-order valence-electron chi connectivity index (χ2n) is 7.13. The number of para-hydroxylation sites is 1. The van der Waals surface area contributed by atoms with Crippen LogP contribution in [0.3, 0.4) is 0 Å². The third kappa shape index (κ3) is 6.16. The fourth-order valence-corrected chi connectivity index (χ4v) is 4.87. The molecule has 2 amide bonds. The number of hydrogen-bond acceptors (Lipinski definition) is 5. The van der Waals surface area contributed by atoms with Crippen LogP contribution in [0.2, 0.25) is 0 Å². The molecule has 0 radical (unpaired) electrons. The van der Waals surface area contributed by atoms with E-state index in [0.29, 0.717) is 22.5 Å². The Morgan fingerprint density at radius 2 is 1.68 bits per heavy atom. The summed E-state index contributed by atoms with van der Waals surface area (Å²) in [7, 11) is -3.62. The molecule has 1 heterocycles. The lowest BCUT2D eigenvalue weighted by Crippen LogP contribution is -2.31. The monoisotopic (exact) mass is 457 g/mol. The molecule has 0 bridgehead atoms. The molecule has 0 saturated heterocycles. The maximum Gasteiger partial charge on any atom is 0.271 e. The minimum atomic E-state index is -3.62. The van der Waals surface area contributed by atoms with Crippen molar-refractivity contribution < 1.29 is 18.0 Å². The van der Waals surface area contributed by atoms with E-state index in [1.165, 1.54) is 6.07 Å². The molecule has 9 heteroatoms. The summed E-state index contributed by atoms with van der Waals surface area (Å²) in [5.74, 6) is -0.537. The molecule has 0 fully saturated rings. The van der Waals surface area contributed by atoms with Gasteiger partial charge in [0.15, 0.2) is 0 Å². The fourth-order valence-electron chi connectivity index (χ4n) is 2.82. The number of nitrogens with one attached hydrogen (secondary N) is 3. The van der Waals surface area contributed by atoms with Crippen molar-refractivity contribution in [1.29, 1.82) is 0 Å². The summed E-state index contributed by atoms with van der Waals surface area (Å²) >= 11 is 1.14. The van der Waals surface area contributed by atoms with E-state index < -0.39 is 10.0 Å². The largest absolute Gasteiger partial charge is 0.350 e. The van der Waals surface area contributed by atoms with E-state index in [4.69, 9.17) is 0 Å². The molecule has 162 valence electrons. The molecule has 0 atom stereocenters. The van der Waals surface area contributed by atoms with Crippen LogP contribution in [0.1, 0.15) is 29.8 Å². The Morgan fingerprint density at radius 3 is 2.32 bits per heavy atom. The first-order chi connectivity index (χ1) is 14.7. The second-order valence-corrected chi connectivity index (χ2v) is 9.99. The van der Waals surface area contributed by atoms with Gasteiger partial charge in [0, 0.05) is 11.7 Å².